The quantitative estimate of drug-likeness (QED) is 0.674. The van der Waals surface area contributed by atoms with Gasteiger partial charge < -0.3 is 14.4 Å². The molecule has 3 aliphatic heterocycles. The van der Waals surface area contributed by atoms with Gasteiger partial charge in [0, 0.05) is 39.9 Å². The molecule has 8 nitrogen and oxygen atoms in total. The molecule has 8 heteroatoms. The SMILES string of the molecule is [2H]C(Oc1cccc2c1CN(C1CCC(=O)NC1=O)C2=O)c1ccc(C([2H])([2H])N2CCOCC2)cc1. The van der Waals surface area contributed by atoms with E-state index in [1.807, 2.05) is 0 Å². The van der Waals surface area contributed by atoms with Gasteiger partial charge in [0.2, 0.25) is 11.8 Å². The smallest absolute Gasteiger partial charge is 0.255 e. The molecule has 2 aromatic rings. The third-order valence-electron chi connectivity index (χ3n) is 6.07. The third-order valence-corrected chi connectivity index (χ3v) is 6.07. The van der Waals surface area contributed by atoms with Crippen molar-refractivity contribution in [1.82, 2.24) is 15.1 Å². The van der Waals surface area contributed by atoms with E-state index in [-0.39, 0.29) is 31.2 Å². The predicted octanol–water partition coefficient (Wildman–Crippen LogP) is 1.86. The zero-order valence-electron chi connectivity index (χ0n) is 21.1. The van der Waals surface area contributed by atoms with Gasteiger partial charge in [-0.05, 0) is 29.7 Å². The molecule has 2 unspecified atom stereocenters. The topological polar surface area (TPSA) is 88.2 Å². The summed E-state index contributed by atoms with van der Waals surface area (Å²) in [5.41, 5.74) is 2.05. The van der Waals surface area contributed by atoms with E-state index in [0.717, 1.165) is 0 Å². The normalized spacial score (nSPS) is 23.9. The van der Waals surface area contributed by atoms with Gasteiger partial charge in [0.1, 0.15) is 18.4 Å². The van der Waals surface area contributed by atoms with Crippen LogP contribution in [-0.2, 0) is 34.0 Å². The van der Waals surface area contributed by atoms with Crippen molar-refractivity contribution in [2.45, 2.75) is 38.5 Å². The summed E-state index contributed by atoms with van der Waals surface area (Å²) in [5, 5.41) is 2.29. The number of carbonyl (C=O) groups is 3. The number of ether oxygens (including phenoxy) is 2. The van der Waals surface area contributed by atoms with Gasteiger partial charge in [-0.1, -0.05) is 30.3 Å². The average molecular weight is 453 g/mol. The largest absolute Gasteiger partial charge is 0.489 e. The number of nitrogens with one attached hydrogen (secondary N) is 1. The Morgan fingerprint density at radius 1 is 1.06 bits per heavy atom. The van der Waals surface area contributed by atoms with E-state index < -0.39 is 25.0 Å². The highest BCUT2D eigenvalue weighted by Crippen LogP contribution is 2.34. The van der Waals surface area contributed by atoms with Crippen LogP contribution in [0.15, 0.2) is 42.5 Å². The second-order valence-corrected chi connectivity index (χ2v) is 8.25. The first-order valence-electron chi connectivity index (χ1n) is 12.6. The fourth-order valence-corrected chi connectivity index (χ4v) is 4.29. The second-order valence-electron chi connectivity index (χ2n) is 8.25. The number of piperidine rings is 1. The van der Waals surface area contributed by atoms with Crippen molar-refractivity contribution < 1.29 is 28.0 Å². The van der Waals surface area contributed by atoms with E-state index >= 15 is 0 Å². The van der Waals surface area contributed by atoms with Gasteiger partial charge in [-0.25, -0.2) is 0 Å². The number of morpholine rings is 1. The predicted molar refractivity (Wildman–Crippen MR) is 119 cm³/mol. The number of fused-ring (bicyclic) bond motifs is 1. The molecule has 2 saturated heterocycles. The lowest BCUT2D eigenvalue weighted by molar-refractivity contribution is -0.136. The molecule has 0 radical (unpaired) electrons. The Hall–Kier alpha value is -3.23. The minimum absolute atomic E-state index is 0.155. The van der Waals surface area contributed by atoms with Gasteiger partial charge in [0.25, 0.3) is 5.91 Å². The van der Waals surface area contributed by atoms with E-state index in [1.165, 1.54) is 4.90 Å². The van der Waals surface area contributed by atoms with Gasteiger partial charge in [-0.3, -0.25) is 24.6 Å². The molecule has 0 bridgehead atoms. The summed E-state index contributed by atoms with van der Waals surface area (Å²) in [6.07, 6.45) is 0.445. The van der Waals surface area contributed by atoms with Crippen LogP contribution in [0.2, 0.25) is 0 Å². The molecule has 3 amide bonds. The van der Waals surface area contributed by atoms with E-state index in [2.05, 4.69) is 5.32 Å². The van der Waals surface area contributed by atoms with Gasteiger partial charge in [-0.15, -0.1) is 0 Å². The summed E-state index contributed by atoms with van der Waals surface area (Å²) in [7, 11) is 0. The van der Waals surface area contributed by atoms with E-state index in [0.29, 0.717) is 54.3 Å². The molecule has 1 N–H and O–H groups in total. The molecule has 2 fully saturated rings. The highest BCUT2D eigenvalue weighted by Gasteiger charge is 2.40. The Morgan fingerprint density at radius 3 is 2.58 bits per heavy atom. The molecule has 0 saturated carbocycles. The number of hydrogen-bond donors (Lipinski definition) is 1. The van der Waals surface area contributed by atoms with Crippen molar-refractivity contribution in [3.05, 3.63) is 64.7 Å². The summed E-state index contributed by atoms with van der Waals surface area (Å²) in [5.74, 6) is -0.750. The van der Waals surface area contributed by atoms with Crippen LogP contribution in [0.1, 0.15) is 44.0 Å². The summed E-state index contributed by atoms with van der Waals surface area (Å²) in [4.78, 5) is 40.0. The average Bonchev–Trinajstić information content (AvgIpc) is 3.22. The zero-order valence-corrected chi connectivity index (χ0v) is 18.1. The van der Waals surface area contributed by atoms with Crippen molar-refractivity contribution in [2.75, 3.05) is 26.3 Å². The molecule has 3 heterocycles. The first-order valence-corrected chi connectivity index (χ1v) is 11.0. The lowest BCUT2D eigenvalue weighted by Crippen LogP contribution is -2.52. The summed E-state index contributed by atoms with van der Waals surface area (Å²) < 4.78 is 36.8. The number of carbonyl (C=O) groups excluding carboxylic acids is 3. The van der Waals surface area contributed by atoms with Crippen LogP contribution in [0.4, 0.5) is 0 Å². The molecule has 2 aromatic carbocycles. The van der Waals surface area contributed by atoms with Crippen molar-refractivity contribution in [2.24, 2.45) is 0 Å². The Kier molecular flexibility index (Phi) is 5.15. The first-order chi connectivity index (χ1) is 17.3. The molecule has 33 heavy (non-hydrogen) atoms. The highest BCUT2D eigenvalue weighted by atomic mass is 16.5. The number of imide groups is 1. The minimum Gasteiger partial charge on any atom is -0.489 e. The van der Waals surface area contributed by atoms with Crippen molar-refractivity contribution >= 4 is 17.7 Å². The molecular weight excluding hydrogens is 422 g/mol. The lowest BCUT2D eigenvalue weighted by atomic mass is 10.0. The van der Waals surface area contributed by atoms with Crippen LogP contribution in [-0.4, -0.2) is 59.9 Å². The molecule has 2 atom stereocenters. The molecule has 0 aromatic heterocycles. The number of rotatable bonds is 6. The molecule has 0 aliphatic carbocycles. The van der Waals surface area contributed by atoms with Crippen LogP contribution < -0.4 is 10.1 Å². The number of benzene rings is 2. The Morgan fingerprint density at radius 2 is 1.82 bits per heavy atom. The van der Waals surface area contributed by atoms with E-state index in [9.17, 15) is 14.4 Å². The maximum absolute atomic E-state index is 13.0. The van der Waals surface area contributed by atoms with Crippen LogP contribution in [0.5, 0.6) is 5.75 Å². The van der Waals surface area contributed by atoms with Gasteiger partial charge in [0.15, 0.2) is 0 Å². The maximum atomic E-state index is 13.0. The van der Waals surface area contributed by atoms with E-state index in [4.69, 9.17) is 13.6 Å². The number of hydrogen-bond acceptors (Lipinski definition) is 6. The van der Waals surface area contributed by atoms with Gasteiger partial charge in [0.05, 0.1) is 21.1 Å². The van der Waals surface area contributed by atoms with Crippen molar-refractivity contribution in [3.63, 3.8) is 0 Å². The highest BCUT2D eigenvalue weighted by molar-refractivity contribution is 6.05. The second kappa shape index (κ2) is 9.33. The summed E-state index contributed by atoms with van der Waals surface area (Å²) >= 11 is 0. The molecule has 3 aliphatic rings. The third kappa shape index (κ3) is 4.62. The first kappa shape index (κ1) is 18.2. The molecule has 5 rings (SSSR count). The Balaban J connectivity index is 1.30. The lowest BCUT2D eigenvalue weighted by Gasteiger charge is -2.29. The van der Waals surface area contributed by atoms with Gasteiger partial charge >= 0.3 is 0 Å². The Labute approximate surface area is 196 Å². The Bertz CT molecular complexity index is 1180. The number of amides is 3. The summed E-state index contributed by atoms with van der Waals surface area (Å²) in [6, 6.07) is 11.0. The maximum Gasteiger partial charge on any atom is 0.255 e. The van der Waals surface area contributed by atoms with Crippen LogP contribution in [0.3, 0.4) is 0 Å². The van der Waals surface area contributed by atoms with Crippen LogP contribution in [0, 0.1) is 0 Å². The molecule has 172 valence electrons. The van der Waals surface area contributed by atoms with E-state index in [1.54, 1.807) is 47.4 Å². The van der Waals surface area contributed by atoms with Crippen molar-refractivity contribution in [3.8, 4) is 5.75 Å². The zero-order chi connectivity index (χ0) is 25.4. The summed E-state index contributed by atoms with van der Waals surface area (Å²) in [6.45, 7) is -0.599. The molecule has 0 spiro atoms. The van der Waals surface area contributed by atoms with Gasteiger partial charge in [-0.2, -0.15) is 0 Å². The van der Waals surface area contributed by atoms with Crippen LogP contribution >= 0.6 is 0 Å². The fourth-order valence-electron chi connectivity index (χ4n) is 4.29. The number of nitrogens with zero attached hydrogens (tertiary/aromatic N) is 2. The fraction of sp³-hybridized carbons (Fsp3) is 0.400. The minimum atomic E-state index is -1.65. The monoisotopic (exact) mass is 452 g/mol. The van der Waals surface area contributed by atoms with Crippen molar-refractivity contribution in [1.29, 1.82) is 0 Å². The standard InChI is InChI=1S/C25H27N3O5/c29-23-9-8-21(24(30)26-23)28-15-20-19(25(28)31)2-1-3-22(20)33-16-18-6-4-17(5-7-18)14-27-10-12-32-13-11-27/h1-7,21H,8-16H2,(H,26,29,30)/i14D2,16D. The molecular formula is C25H27N3O5. The van der Waals surface area contributed by atoms with Crippen LogP contribution in [0.25, 0.3) is 0 Å².